The first-order chi connectivity index (χ1) is 14.2. The molecule has 4 rings (SSSR count). The third kappa shape index (κ3) is 3.96. The summed E-state index contributed by atoms with van der Waals surface area (Å²) in [5.41, 5.74) is 4.84. The third-order valence-electron chi connectivity index (χ3n) is 5.77. The van der Waals surface area contributed by atoms with Crippen molar-refractivity contribution < 1.29 is 13.5 Å². The zero-order chi connectivity index (χ0) is 21.5. The molecule has 1 aliphatic heterocycles. The van der Waals surface area contributed by atoms with E-state index in [-0.39, 0.29) is 35.6 Å². The van der Waals surface area contributed by atoms with E-state index < -0.39 is 11.5 Å². The number of alkyl halides is 1. The summed E-state index contributed by atoms with van der Waals surface area (Å²) in [5.74, 6) is 0.0781. The van der Waals surface area contributed by atoms with Crippen molar-refractivity contribution in [2.24, 2.45) is 0 Å². The van der Waals surface area contributed by atoms with Crippen LogP contribution in [-0.4, -0.2) is 46.3 Å². The topological polar surface area (TPSA) is 112 Å². The molecule has 1 aliphatic carbocycles. The molecular formula is C21H24F2N6O. The van der Waals surface area contributed by atoms with Crippen LogP contribution in [0.25, 0.3) is 0 Å². The van der Waals surface area contributed by atoms with Gasteiger partial charge in [-0.3, -0.25) is 5.41 Å². The van der Waals surface area contributed by atoms with E-state index in [0.29, 0.717) is 30.2 Å². The number of hydrogen-bond donors (Lipinski definition) is 3. The number of benzene rings is 1. The van der Waals surface area contributed by atoms with Crippen LogP contribution in [0.1, 0.15) is 43.9 Å². The fourth-order valence-electron chi connectivity index (χ4n) is 3.45. The normalized spacial score (nSPS) is 19.2. The van der Waals surface area contributed by atoms with Gasteiger partial charge in [-0.15, -0.1) is 0 Å². The number of halogens is 2. The van der Waals surface area contributed by atoms with Gasteiger partial charge in [0.15, 0.2) is 11.6 Å². The standard InChI is InChI=1S/C21H24F2N6O/c1-20(2-3-20)30-17-8-13(15(25)9-14(17)22)19(26)16-10-18(28-12-27-16)29-6-4-21(23,11-24)5-7-29/h8-12,24,26H,2-7,25H2,1H3. The summed E-state index contributed by atoms with van der Waals surface area (Å²) in [6.45, 7) is 2.73. The molecule has 2 aromatic rings. The van der Waals surface area contributed by atoms with Gasteiger partial charge in [-0.05, 0) is 25.8 Å². The Morgan fingerprint density at radius 2 is 1.90 bits per heavy atom. The van der Waals surface area contributed by atoms with Gasteiger partial charge in [0.25, 0.3) is 0 Å². The lowest BCUT2D eigenvalue weighted by Crippen LogP contribution is -2.43. The molecule has 1 saturated carbocycles. The van der Waals surface area contributed by atoms with E-state index in [1.165, 1.54) is 12.4 Å². The number of nitrogens with zero attached hydrogens (tertiary/aromatic N) is 3. The number of anilines is 2. The van der Waals surface area contributed by atoms with E-state index in [4.69, 9.17) is 21.3 Å². The minimum atomic E-state index is -1.57. The van der Waals surface area contributed by atoms with Crippen LogP contribution < -0.4 is 15.4 Å². The molecule has 158 valence electrons. The highest BCUT2D eigenvalue weighted by Gasteiger charge is 2.41. The van der Waals surface area contributed by atoms with Gasteiger partial charge in [0.1, 0.15) is 23.4 Å². The van der Waals surface area contributed by atoms with Crippen molar-refractivity contribution in [2.75, 3.05) is 23.7 Å². The minimum Gasteiger partial charge on any atom is -0.484 e. The number of rotatable bonds is 6. The summed E-state index contributed by atoms with van der Waals surface area (Å²) in [4.78, 5) is 10.3. The highest BCUT2D eigenvalue weighted by atomic mass is 19.1. The fraction of sp³-hybridized carbons (Fsp3) is 0.429. The number of hydrogen-bond acceptors (Lipinski definition) is 7. The molecule has 9 heteroatoms. The lowest BCUT2D eigenvalue weighted by atomic mass is 9.94. The van der Waals surface area contributed by atoms with Crippen molar-refractivity contribution in [2.45, 2.75) is 43.9 Å². The van der Waals surface area contributed by atoms with Crippen LogP contribution in [0, 0.1) is 16.6 Å². The van der Waals surface area contributed by atoms with E-state index in [2.05, 4.69) is 9.97 Å². The zero-order valence-corrected chi connectivity index (χ0v) is 16.7. The van der Waals surface area contributed by atoms with Gasteiger partial charge in [0, 0.05) is 55.5 Å². The van der Waals surface area contributed by atoms with E-state index in [1.807, 2.05) is 11.8 Å². The molecule has 0 radical (unpaired) electrons. The average Bonchev–Trinajstić information content (AvgIpc) is 3.47. The first-order valence-corrected chi connectivity index (χ1v) is 9.87. The Kier molecular flexibility index (Phi) is 4.91. The first kappa shape index (κ1) is 20.2. The SMILES string of the molecule is CC1(Oc2cc(C(=N)c3cc(N4CCC(F)(C=N)CC4)ncn3)c(N)cc2F)CC1. The monoisotopic (exact) mass is 414 g/mol. The Morgan fingerprint density at radius 1 is 1.20 bits per heavy atom. The third-order valence-corrected chi connectivity index (χ3v) is 5.77. The summed E-state index contributed by atoms with van der Waals surface area (Å²) in [7, 11) is 0. The summed E-state index contributed by atoms with van der Waals surface area (Å²) >= 11 is 0. The van der Waals surface area contributed by atoms with Crippen LogP contribution in [0.5, 0.6) is 5.75 Å². The maximum absolute atomic E-state index is 14.3. The summed E-state index contributed by atoms with van der Waals surface area (Å²) < 4.78 is 34.3. The van der Waals surface area contributed by atoms with Crippen LogP contribution in [-0.2, 0) is 0 Å². The molecule has 7 nitrogen and oxygen atoms in total. The highest BCUT2D eigenvalue weighted by Crippen LogP contribution is 2.41. The lowest BCUT2D eigenvalue weighted by molar-refractivity contribution is 0.191. The minimum absolute atomic E-state index is 0.0262. The Hall–Kier alpha value is -3.10. The van der Waals surface area contributed by atoms with Crippen molar-refractivity contribution in [1.82, 2.24) is 9.97 Å². The van der Waals surface area contributed by atoms with E-state index in [1.54, 1.807) is 6.07 Å². The molecular weight excluding hydrogens is 390 g/mol. The summed E-state index contributed by atoms with van der Waals surface area (Å²) in [6, 6.07) is 4.25. The molecule has 2 fully saturated rings. The van der Waals surface area contributed by atoms with Crippen molar-refractivity contribution in [3.05, 3.63) is 41.6 Å². The largest absolute Gasteiger partial charge is 0.484 e. The van der Waals surface area contributed by atoms with Crippen molar-refractivity contribution >= 4 is 23.4 Å². The summed E-state index contributed by atoms with van der Waals surface area (Å²) in [5, 5.41) is 15.8. The number of nitrogen functional groups attached to an aromatic ring is 1. The number of ether oxygens (including phenoxy) is 1. The van der Waals surface area contributed by atoms with Crippen LogP contribution >= 0.6 is 0 Å². The number of piperidine rings is 1. The Bertz CT molecular complexity index is 999. The van der Waals surface area contributed by atoms with E-state index in [0.717, 1.165) is 25.1 Å². The van der Waals surface area contributed by atoms with Crippen molar-refractivity contribution in [3.63, 3.8) is 0 Å². The lowest BCUT2D eigenvalue weighted by Gasteiger charge is -2.34. The molecule has 0 spiro atoms. The fourth-order valence-corrected chi connectivity index (χ4v) is 3.45. The maximum Gasteiger partial charge on any atom is 0.167 e. The Morgan fingerprint density at radius 3 is 2.53 bits per heavy atom. The Labute approximate surface area is 173 Å². The quantitative estimate of drug-likeness (QED) is 0.495. The molecule has 1 saturated heterocycles. The predicted molar refractivity (Wildman–Crippen MR) is 111 cm³/mol. The zero-order valence-electron chi connectivity index (χ0n) is 16.7. The molecule has 2 aliphatic rings. The van der Waals surface area contributed by atoms with E-state index in [9.17, 15) is 8.78 Å². The average molecular weight is 414 g/mol. The summed E-state index contributed by atoms with van der Waals surface area (Å²) in [6.07, 6.45) is 4.33. The van der Waals surface area contributed by atoms with Crippen LogP contribution in [0.2, 0.25) is 0 Å². The van der Waals surface area contributed by atoms with Crippen LogP contribution in [0.3, 0.4) is 0 Å². The van der Waals surface area contributed by atoms with Crippen molar-refractivity contribution in [3.8, 4) is 5.75 Å². The molecule has 0 atom stereocenters. The molecule has 2 heterocycles. The van der Waals surface area contributed by atoms with Gasteiger partial charge in [0.05, 0.1) is 11.4 Å². The molecule has 1 aromatic carbocycles. The van der Waals surface area contributed by atoms with Crippen LogP contribution in [0.15, 0.2) is 24.5 Å². The second-order valence-electron chi connectivity index (χ2n) is 8.22. The van der Waals surface area contributed by atoms with Crippen LogP contribution in [0.4, 0.5) is 20.3 Å². The molecule has 0 unspecified atom stereocenters. The highest BCUT2D eigenvalue weighted by molar-refractivity contribution is 6.13. The molecule has 4 N–H and O–H groups in total. The molecule has 0 bridgehead atoms. The Balaban J connectivity index is 1.58. The number of nitrogens with two attached hydrogens (primary N) is 1. The predicted octanol–water partition coefficient (Wildman–Crippen LogP) is 3.50. The second kappa shape index (κ2) is 7.30. The number of aromatic nitrogens is 2. The van der Waals surface area contributed by atoms with Gasteiger partial charge in [-0.1, -0.05) is 0 Å². The molecule has 1 aromatic heterocycles. The number of nitrogens with one attached hydrogen (secondary N) is 2. The molecule has 30 heavy (non-hydrogen) atoms. The van der Waals surface area contributed by atoms with E-state index >= 15 is 0 Å². The van der Waals surface area contributed by atoms with Gasteiger partial charge in [-0.25, -0.2) is 18.7 Å². The first-order valence-electron chi connectivity index (χ1n) is 9.87. The maximum atomic E-state index is 14.3. The van der Waals surface area contributed by atoms with Gasteiger partial charge in [0.2, 0.25) is 0 Å². The van der Waals surface area contributed by atoms with Crippen molar-refractivity contribution in [1.29, 1.82) is 10.8 Å². The van der Waals surface area contributed by atoms with Gasteiger partial charge in [-0.2, -0.15) is 0 Å². The smallest absolute Gasteiger partial charge is 0.167 e. The molecule has 0 amide bonds. The van der Waals surface area contributed by atoms with Gasteiger partial charge >= 0.3 is 0 Å². The second-order valence-corrected chi connectivity index (χ2v) is 8.22. The van der Waals surface area contributed by atoms with Gasteiger partial charge < -0.3 is 20.8 Å².